The van der Waals surface area contributed by atoms with Gasteiger partial charge in [-0.1, -0.05) is 38.1 Å². The molecule has 12 nitrogen and oxygen atoms in total. The maximum Gasteiger partial charge on any atom is 0.229 e. The molecule has 0 fully saturated rings. The second-order valence-corrected chi connectivity index (χ2v) is 19.8. The zero-order chi connectivity index (χ0) is 48.3. The molecule has 2 atom stereocenters. The first-order chi connectivity index (χ1) is 32.1. The molecule has 2 aliphatic carbocycles. The Morgan fingerprint density at radius 2 is 1.12 bits per heavy atom. The van der Waals surface area contributed by atoms with E-state index in [0.717, 1.165) is 52.1 Å². The summed E-state index contributed by atoms with van der Waals surface area (Å²) in [5, 5.41) is 6.00. The van der Waals surface area contributed by atoms with Gasteiger partial charge in [-0.2, -0.15) is 0 Å². The highest BCUT2D eigenvalue weighted by Gasteiger charge is 2.43. The molecule has 0 spiro atoms. The molecule has 2 unspecified atom stereocenters. The molecular weight excluding hydrogens is 877 g/mol. The summed E-state index contributed by atoms with van der Waals surface area (Å²) in [6, 6.07) is 27.3. The fourth-order valence-corrected chi connectivity index (χ4v) is 9.64. The number of carbonyl (C=O) groups is 4. The summed E-state index contributed by atoms with van der Waals surface area (Å²) in [4.78, 5) is 78.8. The van der Waals surface area contributed by atoms with Gasteiger partial charge in [-0.3, -0.25) is 19.2 Å². The van der Waals surface area contributed by atoms with Gasteiger partial charge in [0.15, 0.2) is 17.9 Å². The number of nitrogens with one attached hydrogen (secondary N) is 2. The molecule has 4 heterocycles. The number of hydrogen-bond acceptors (Lipinski definition) is 13. The van der Waals surface area contributed by atoms with Crippen LogP contribution in [0.3, 0.4) is 0 Å². The minimum atomic E-state index is -0.708. The van der Waals surface area contributed by atoms with Crippen molar-refractivity contribution in [3.05, 3.63) is 159 Å². The highest BCUT2D eigenvalue weighted by atomic mass is 32.2. The first-order valence-electron chi connectivity index (χ1n) is 22.7. The molecule has 1 amide bonds. The number of aryl methyl sites for hydroxylation is 6. The number of aromatic nitrogens is 6. The molecule has 14 heteroatoms. The summed E-state index contributed by atoms with van der Waals surface area (Å²) in [7, 11) is 1.97. The van der Waals surface area contributed by atoms with Gasteiger partial charge in [-0.25, -0.2) is 29.9 Å². The van der Waals surface area contributed by atoms with E-state index in [1.54, 1.807) is 36.0 Å². The van der Waals surface area contributed by atoms with Gasteiger partial charge in [0.1, 0.15) is 23.2 Å². The van der Waals surface area contributed by atoms with Crippen LogP contribution in [-0.4, -0.2) is 72.2 Å². The topological polar surface area (TPSA) is 170 Å². The van der Waals surface area contributed by atoms with E-state index < -0.39 is 10.8 Å². The van der Waals surface area contributed by atoms with E-state index in [4.69, 9.17) is 0 Å². The molecule has 2 aliphatic rings. The standard InChI is InChI=1S/C26H28N4O2S.C17H17N3O2.C10H15NS/c1-5-33-19-8-6-18(7-9-19)15-24(31)30-23-11-10-20-21(29-23)12-13-26(4,25(20)32)22-14-16(2)27-17(3)28-22;1-10-8-15(19-11(2)18-10)17(3)7-6-14-13(16(17)22)5-4-12(9-21)20-14;1-3-12-10-6-4-9(5-7-10)8-11-2/h6-11,14H,5,12-13,15H2,1-4H3,(H,29,30,31);4-5,8-9H,6-7H2,1-3H3;4-7,11H,3,8H2,1-2H3. The number of carbonyl (C=O) groups excluding carboxylic acids is 4. The number of rotatable bonds is 12. The Morgan fingerprint density at radius 1 is 0.642 bits per heavy atom. The summed E-state index contributed by atoms with van der Waals surface area (Å²) >= 11 is 3.65. The Balaban J connectivity index is 0.000000186. The monoisotopic (exact) mass is 936 g/mol. The Bertz CT molecular complexity index is 2680. The largest absolute Gasteiger partial charge is 0.316 e. The Labute approximate surface area is 402 Å². The number of anilines is 1. The minimum absolute atomic E-state index is 0.0104. The van der Waals surface area contributed by atoms with Crippen molar-refractivity contribution >= 4 is 53.1 Å². The van der Waals surface area contributed by atoms with Crippen LogP contribution in [-0.2, 0) is 41.4 Å². The number of pyridine rings is 2. The van der Waals surface area contributed by atoms with Crippen molar-refractivity contribution in [1.82, 2.24) is 35.2 Å². The Morgan fingerprint density at radius 3 is 1.58 bits per heavy atom. The maximum absolute atomic E-state index is 13.4. The number of thioether (sulfide) groups is 2. The number of aldehydes is 1. The zero-order valence-electron chi connectivity index (χ0n) is 39.9. The molecule has 348 valence electrons. The molecule has 2 aromatic carbocycles. The van der Waals surface area contributed by atoms with E-state index in [9.17, 15) is 19.2 Å². The van der Waals surface area contributed by atoms with Crippen molar-refractivity contribution < 1.29 is 19.2 Å². The van der Waals surface area contributed by atoms with Crippen molar-refractivity contribution in [2.45, 2.75) is 115 Å². The van der Waals surface area contributed by atoms with Crippen LogP contribution in [0, 0.1) is 27.7 Å². The lowest BCUT2D eigenvalue weighted by Gasteiger charge is -2.32. The fourth-order valence-electron chi connectivity index (χ4n) is 8.31. The highest BCUT2D eigenvalue weighted by Crippen LogP contribution is 2.39. The third-order valence-electron chi connectivity index (χ3n) is 11.9. The van der Waals surface area contributed by atoms with Crippen molar-refractivity contribution in [2.75, 3.05) is 23.9 Å². The lowest BCUT2D eigenvalue weighted by Crippen LogP contribution is -2.39. The Hall–Kier alpha value is -5.96. The van der Waals surface area contributed by atoms with Crippen LogP contribution in [0.5, 0.6) is 0 Å². The van der Waals surface area contributed by atoms with Gasteiger partial charge in [-0.05, 0) is 158 Å². The number of hydrogen-bond donors (Lipinski definition) is 2. The number of nitrogens with zero attached hydrogens (tertiary/aromatic N) is 6. The van der Waals surface area contributed by atoms with Gasteiger partial charge in [0.2, 0.25) is 5.91 Å². The van der Waals surface area contributed by atoms with E-state index in [-0.39, 0.29) is 23.9 Å². The molecule has 0 aliphatic heterocycles. The van der Waals surface area contributed by atoms with Gasteiger partial charge >= 0.3 is 0 Å². The van der Waals surface area contributed by atoms with E-state index in [0.29, 0.717) is 72.0 Å². The first-order valence-corrected chi connectivity index (χ1v) is 24.6. The van der Waals surface area contributed by atoms with Crippen LogP contribution in [0.25, 0.3) is 0 Å². The van der Waals surface area contributed by atoms with E-state index in [1.807, 2.05) is 96.8 Å². The van der Waals surface area contributed by atoms with Crippen molar-refractivity contribution in [3.8, 4) is 0 Å². The molecule has 6 aromatic rings. The third-order valence-corrected chi connectivity index (χ3v) is 13.6. The highest BCUT2D eigenvalue weighted by molar-refractivity contribution is 7.99. The number of amides is 1. The maximum atomic E-state index is 13.4. The molecule has 0 saturated heterocycles. The molecule has 0 saturated carbocycles. The second kappa shape index (κ2) is 22.7. The molecule has 0 bridgehead atoms. The summed E-state index contributed by atoms with van der Waals surface area (Å²) in [5.74, 6) is 3.87. The average Bonchev–Trinajstić information content (AvgIpc) is 3.30. The van der Waals surface area contributed by atoms with Gasteiger partial charge in [-0.15, -0.1) is 23.5 Å². The number of fused-ring (bicyclic) bond motifs is 2. The molecule has 0 radical (unpaired) electrons. The fraction of sp³-hybridized carbons (Fsp3) is 0.358. The van der Waals surface area contributed by atoms with Crippen LogP contribution >= 0.6 is 23.5 Å². The van der Waals surface area contributed by atoms with E-state index >= 15 is 0 Å². The van der Waals surface area contributed by atoms with Crippen LogP contribution in [0.15, 0.2) is 94.7 Å². The van der Waals surface area contributed by atoms with Crippen LogP contribution in [0.1, 0.15) is 129 Å². The molecular formula is C53H60N8O4S2. The number of Topliss-reactive ketones (excluding diaryl/α,β-unsaturated/α-hetero) is 2. The second-order valence-electron chi connectivity index (χ2n) is 17.2. The van der Waals surface area contributed by atoms with Crippen LogP contribution < -0.4 is 10.6 Å². The summed E-state index contributed by atoms with van der Waals surface area (Å²) in [6.07, 6.45) is 3.52. The lowest BCUT2D eigenvalue weighted by atomic mass is 9.71. The lowest BCUT2D eigenvalue weighted by molar-refractivity contribution is -0.115. The molecule has 2 N–H and O–H groups in total. The van der Waals surface area contributed by atoms with Gasteiger partial charge in [0, 0.05) is 38.9 Å². The van der Waals surface area contributed by atoms with Gasteiger partial charge in [0.05, 0.1) is 40.0 Å². The van der Waals surface area contributed by atoms with Gasteiger partial charge < -0.3 is 10.6 Å². The quantitative estimate of drug-likeness (QED) is 0.0879. The van der Waals surface area contributed by atoms with E-state index in [2.05, 4.69) is 78.7 Å². The Kier molecular flexibility index (Phi) is 17.1. The summed E-state index contributed by atoms with van der Waals surface area (Å²) in [5.41, 5.74) is 7.12. The number of ketones is 2. The van der Waals surface area contributed by atoms with E-state index in [1.165, 1.54) is 15.4 Å². The summed E-state index contributed by atoms with van der Waals surface area (Å²) in [6.45, 7) is 16.6. The molecule has 8 rings (SSSR count). The normalized spacial score (nSPS) is 17.2. The smallest absolute Gasteiger partial charge is 0.229 e. The van der Waals surface area contributed by atoms with Crippen LogP contribution in [0.2, 0.25) is 0 Å². The zero-order valence-corrected chi connectivity index (χ0v) is 41.6. The minimum Gasteiger partial charge on any atom is -0.316 e. The van der Waals surface area contributed by atoms with Crippen molar-refractivity contribution in [3.63, 3.8) is 0 Å². The first kappa shape index (κ1) is 50.5. The summed E-state index contributed by atoms with van der Waals surface area (Å²) < 4.78 is 0. The average molecular weight is 937 g/mol. The molecule has 67 heavy (non-hydrogen) atoms. The number of benzene rings is 2. The predicted octanol–water partition coefficient (Wildman–Crippen LogP) is 9.77. The van der Waals surface area contributed by atoms with Crippen molar-refractivity contribution in [2.24, 2.45) is 0 Å². The molecule has 4 aromatic heterocycles. The van der Waals surface area contributed by atoms with Crippen molar-refractivity contribution in [1.29, 1.82) is 0 Å². The predicted molar refractivity (Wildman–Crippen MR) is 268 cm³/mol. The SMILES string of the molecule is CCSc1ccc(CC(=O)Nc2ccc3c(n2)CCC(C)(c2cc(C)nc(C)n2)C3=O)cc1.CCSc1ccc(CNC)cc1.Cc1cc(C2(C)CCc3nc(C=O)ccc3C2=O)nc(C)n1. The van der Waals surface area contributed by atoms with Gasteiger partial charge in [0.25, 0.3) is 0 Å². The third kappa shape index (κ3) is 12.5. The van der Waals surface area contributed by atoms with Crippen LogP contribution in [0.4, 0.5) is 5.82 Å².